The van der Waals surface area contributed by atoms with Gasteiger partial charge in [-0.15, -0.1) is 0 Å². The van der Waals surface area contributed by atoms with Gasteiger partial charge in [0.1, 0.15) is 12.4 Å². The monoisotopic (exact) mass is 366 g/mol. The first-order valence-corrected chi connectivity index (χ1v) is 9.47. The number of methoxy groups -OCH3 is 1. The van der Waals surface area contributed by atoms with E-state index in [1.165, 1.54) is 16.7 Å². The van der Waals surface area contributed by atoms with E-state index < -0.39 is 0 Å². The molecule has 5 aliphatic rings. The van der Waals surface area contributed by atoms with E-state index in [4.69, 9.17) is 4.74 Å². The van der Waals surface area contributed by atoms with Crippen LogP contribution < -0.4 is 9.64 Å². The Bertz CT molecular complexity index is 825. The molecule has 2 bridgehead atoms. The van der Waals surface area contributed by atoms with Crippen molar-refractivity contribution in [3.05, 3.63) is 36.4 Å². The first kappa shape index (κ1) is 16.5. The first-order valence-electron chi connectivity index (χ1n) is 9.47. The summed E-state index contributed by atoms with van der Waals surface area (Å²) < 4.78 is 5.16. The number of carbonyl (C=O) groups is 3. The van der Waals surface area contributed by atoms with Gasteiger partial charge in [-0.1, -0.05) is 12.2 Å². The molecule has 0 aromatic heterocycles. The molecule has 1 saturated heterocycles. The van der Waals surface area contributed by atoms with E-state index in [1.54, 1.807) is 31.4 Å². The van der Waals surface area contributed by atoms with E-state index in [2.05, 4.69) is 12.2 Å². The topological polar surface area (TPSA) is 66.9 Å². The zero-order chi connectivity index (χ0) is 18.9. The number of amides is 3. The number of ether oxygens (including phenoxy) is 1. The highest BCUT2D eigenvalue weighted by Crippen LogP contribution is 2.65. The van der Waals surface area contributed by atoms with Crippen LogP contribution >= 0.6 is 0 Å². The van der Waals surface area contributed by atoms with Crippen LogP contribution in [0, 0.1) is 35.5 Å². The van der Waals surface area contributed by atoms with Crippen molar-refractivity contribution < 1.29 is 19.1 Å². The molecule has 4 aliphatic carbocycles. The molecule has 2 saturated carbocycles. The fourth-order valence-corrected chi connectivity index (χ4v) is 5.42. The molecule has 0 radical (unpaired) electrons. The van der Waals surface area contributed by atoms with E-state index in [-0.39, 0.29) is 48.1 Å². The minimum atomic E-state index is -0.235. The number of allylic oxidation sites excluding steroid dienone is 2. The molecule has 6 nitrogen and oxygen atoms in total. The smallest absolute Gasteiger partial charge is 0.235 e. The van der Waals surface area contributed by atoms with Crippen LogP contribution in [0.5, 0.6) is 5.75 Å². The Balaban J connectivity index is 1.42. The van der Waals surface area contributed by atoms with Crippen molar-refractivity contribution in [1.29, 1.82) is 0 Å². The third-order valence-electron chi connectivity index (χ3n) is 6.80. The first-order chi connectivity index (χ1) is 13.0. The van der Waals surface area contributed by atoms with Gasteiger partial charge >= 0.3 is 0 Å². The lowest BCUT2D eigenvalue weighted by atomic mass is 9.63. The molecule has 1 aliphatic heterocycles. The van der Waals surface area contributed by atoms with E-state index in [1.807, 2.05) is 0 Å². The van der Waals surface area contributed by atoms with Crippen LogP contribution in [0.15, 0.2) is 36.4 Å². The molecule has 3 fully saturated rings. The van der Waals surface area contributed by atoms with Crippen molar-refractivity contribution in [2.75, 3.05) is 18.7 Å². The van der Waals surface area contributed by atoms with Gasteiger partial charge in [-0.25, -0.2) is 0 Å². The summed E-state index contributed by atoms with van der Waals surface area (Å²) in [5, 5.41) is 0. The van der Waals surface area contributed by atoms with E-state index >= 15 is 0 Å². The average molecular weight is 366 g/mol. The van der Waals surface area contributed by atoms with E-state index in [0.29, 0.717) is 23.3 Å². The van der Waals surface area contributed by atoms with Gasteiger partial charge in [0, 0.05) is 12.6 Å². The summed E-state index contributed by atoms with van der Waals surface area (Å²) in [6.07, 6.45) is 5.45. The van der Waals surface area contributed by atoms with Gasteiger partial charge in [0.2, 0.25) is 17.7 Å². The molecular weight excluding hydrogens is 344 g/mol. The second-order valence-corrected chi connectivity index (χ2v) is 8.05. The Labute approximate surface area is 157 Å². The van der Waals surface area contributed by atoms with Crippen LogP contribution in [0.3, 0.4) is 0 Å². The zero-order valence-electron chi connectivity index (χ0n) is 15.4. The normalized spacial score (nSPS) is 35.1. The maximum absolute atomic E-state index is 13.1. The van der Waals surface area contributed by atoms with Crippen molar-refractivity contribution in [2.24, 2.45) is 35.5 Å². The quantitative estimate of drug-likeness (QED) is 0.604. The summed E-state index contributed by atoms with van der Waals surface area (Å²) in [4.78, 5) is 41.2. The van der Waals surface area contributed by atoms with Crippen LogP contribution in [0.2, 0.25) is 0 Å². The van der Waals surface area contributed by atoms with Gasteiger partial charge in [-0.3, -0.25) is 24.2 Å². The number of carbonyl (C=O) groups excluding carboxylic acids is 3. The minimum Gasteiger partial charge on any atom is -0.497 e. The van der Waals surface area contributed by atoms with Crippen molar-refractivity contribution in [3.63, 3.8) is 0 Å². The number of anilines is 1. The van der Waals surface area contributed by atoms with Crippen molar-refractivity contribution in [2.45, 2.75) is 13.3 Å². The molecular formula is C21H22N2O4. The highest BCUT2D eigenvalue weighted by molar-refractivity contribution is 6.07. The van der Waals surface area contributed by atoms with Gasteiger partial charge < -0.3 is 4.74 Å². The molecule has 0 N–H and O–H groups in total. The average Bonchev–Trinajstić information content (AvgIpc) is 3.46. The third kappa shape index (κ3) is 2.28. The molecule has 6 heteroatoms. The molecule has 3 amide bonds. The summed E-state index contributed by atoms with van der Waals surface area (Å²) in [6, 6.07) is 7.05. The number of likely N-dealkylation sites (tertiary alicyclic amines) is 1. The predicted molar refractivity (Wildman–Crippen MR) is 97.6 cm³/mol. The van der Waals surface area contributed by atoms with Crippen LogP contribution in [-0.4, -0.2) is 36.4 Å². The number of benzene rings is 1. The summed E-state index contributed by atoms with van der Waals surface area (Å²) in [6.45, 7) is 1.42. The van der Waals surface area contributed by atoms with Crippen molar-refractivity contribution in [3.8, 4) is 5.75 Å². The summed E-state index contributed by atoms with van der Waals surface area (Å²) >= 11 is 0. The highest BCUT2D eigenvalue weighted by atomic mass is 16.5. The second kappa shape index (κ2) is 5.68. The standard InChI is InChI=1S/C21H22N2O4/c1-11(24)22(12-3-5-13(27-2)6-4-12)10-23-20(25)18-14-7-8-15(17-9-16(14)17)19(18)21(23)26/h3-8,14-19H,9-10H2,1-2H3/t14-,15+,16-,17-,18+,19-/m1/s1. The lowest BCUT2D eigenvalue weighted by molar-refractivity contribution is -0.140. The number of imide groups is 1. The highest BCUT2D eigenvalue weighted by Gasteiger charge is 2.67. The molecule has 6 atom stereocenters. The maximum atomic E-state index is 13.1. The third-order valence-corrected chi connectivity index (χ3v) is 6.80. The van der Waals surface area contributed by atoms with Crippen LogP contribution in [0.1, 0.15) is 13.3 Å². The van der Waals surface area contributed by atoms with Gasteiger partial charge in [0.15, 0.2) is 0 Å². The number of hydrogen-bond acceptors (Lipinski definition) is 4. The molecule has 27 heavy (non-hydrogen) atoms. The fourth-order valence-electron chi connectivity index (χ4n) is 5.42. The predicted octanol–water partition coefficient (Wildman–Crippen LogP) is 2.06. The lowest BCUT2D eigenvalue weighted by Gasteiger charge is -2.37. The number of nitrogens with zero attached hydrogens (tertiary/aromatic N) is 2. The fraction of sp³-hybridized carbons (Fsp3) is 0.476. The second-order valence-electron chi connectivity index (χ2n) is 8.05. The Morgan fingerprint density at radius 1 is 1.07 bits per heavy atom. The van der Waals surface area contributed by atoms with Gasteiger partial charge in [0.25, 0.3) is 0 Å². The van der Waals surface area contributed by atoms with Crippen LogP contribution in [0.4, 0.5) is 5.69 Å². The van der Waals surface area contributed by atoms with Gasteiger partial charge in [0.05, 0.1) is 18.9 Å². The Hall–Kier alpha value is -2.63. The van der Waals surface area contributed by atoms with Crippen LogP contribution in [0.25, 0.3) is 0 Å². The molecule has 0 unspecified atom stereocenters. The summed E-state index contributed by atoms with van der Waals surface area (Å²) in [5.41, 5.74) is 0.641. The SMILES string of the molecule is COc1ccc(N(CN2C(=O)[C@@H]3[C@H]4C=C[C@H]([C@H]5C[C@H]45)[C@@H]3C2=O)C(C)=O)cc1. The Morgan fingerprint density at radius 3 is 2.11 bits per heavy atom. The summed E-state index contributed by atoms with van der Waals surface area (Å²) in [7, 11) is 1.58. The Kier molecular flexibility index (Phi) is 3.48. The maximum Gasteiger partial charge on any atom is 0.235 e. The van der Waals surface area contributed by atoms with Crippen molar-refractivity contribution in [1.82, 2.24) is 4.90 Å². The number of rotatable bonds is 4. The Morgan fingerprint density at radius 2 is 1.63 bits per heavy atom. The molecule has 1 aromatic carbocycles. The zero-order valence-corrected chi connectivity index (χ0v) is 15.4. The molecule has 0 spiro atoms. The summed E-state index contributed by atoms with van der Waals surface area (Å²) in [5.74, 6) is 1.30. The molecule has 1 heterocycles. The van der Waals surface area contributed by atoms with Crippen LogP contribution in [-0.2, 0) is 14.4 Å². The largest absolute Gasteiger partial charge is 0.497 e. The van der Waals surface area contributed by atoms with Gasteiger partial charge in [-0.2, -0.15) is 0 Å². The molecule has 6 rings (SSSR count). The van der Waals surface area contributed by atoms with E-state index in [9.17, 15) is 14.4 Å². The molecule has 140 valence electrons. The van der Waals surface area contributed by atoms with Gasteiger partial charge in [-0.05, 0) is 54.4 Å². The minimum absolute atomic E-state index is 0.0267. The lowest BCUT2D eigenvalue weighted by Crippen LogP contribution is -2.44. The molecule has 1 aromatic rings. The number of hydrogen-bond donors (Lipinski definition) is 0. The van der Waals surface area contributed by atoms with Crippen molar-refractivity contribution >= 4 is 23.4 Å². The van der Waals surface area contributed by atoms with E-state index in [0.717, 1.165) is 6.42 Å².